The average Bonchev–Trinajstić information content (AvgIpc) is 3.35. The minimum absolute atomic E-state index is 0.126. The zero-order chi connectivity index (χ0) is 30.1. The fourth-order valence-electron chi connectivity index (χ4n) is 7.23. The van der Waals surface area contributed by atoms with Crippen LogP contribution >= 0.6 is 0 Å². The molecular formula is C36H38N2O4. The molecule has 0 aromatic heterocycles. The number of nitrogens with zero attached hydrogens (tertiary/aromatic N) is 2. The summed E-state index contributed by atoms with van der Waals surface area (Å²) in [6, 6.07) is 25.1. The zero-order valence-corrected chi connectivity index (χ0v) is 25.2. The van der Waals surface area contributed by atoms with E-state index in [1.165, 1.54) is 34.2 Å². The summed E-state index contributed by atoms with van der Waals surface area (Å²) < 4.78 is 0. The molecule has 2 aliphatic heterocycles. The van der Waals surface area contributed by atoms with Crippen LogP contribution in [0.5, 0.6) is 0 Å². The van der Waals surface area contributed by atoms with Gasteiger partial charge >= 0.3 is 0 Å². The predicted molar refractivity (Wildman–Crippen MR) is 162 cm³/mol. The lowest BCUT2D eigenvalue weighted by Crippen LogP contribution is -2.35. The van der Waals surface area contributed by atoms with Crippen molar-refractivity contribution in [3.8, 4) is 0 Å². The van der Waals surface area contributed by atoms with E-state index in [2.05, 4.69) is 83.1 Å². The molecule has 0 N–H and O–H groups in total. The minimum Gasteiger partial charge on any atom is -0.285 e. The fourth-order valence-corrected chi connectivity index (χ4v) is 7.23. The molecule has 2 saturated heterocycles. The monoisotopic (exact) mass is 562 g/mol. The molecule has 42 heavy (non-hydrogen) atoms. The van der Waals surface area contributed by atoms with Gasteiger partial charge in [0.05, 0.1) is 29.4 Å². The van der Waals surface area contributed by atoms with Crippen molar-refractivity contribution in [3.63, 3.8) is 0 Å². The Bertz CT molecular complexity index is 1540. The third-order valence-electron chi connectivity index (χ3n) is 10.3. The molecule has 0 radical (unpaired) electrons. The van der Waals surface area contributed by atoms with E-state index in [-0.39, 0.29) is 47.3 Å². The van der Waals surface area contributed by atoms with Crippen molar-refractivity contribution in [1.82, 2.24) is 4.90 Å². The van der Waals surface area contributed by atoms with E-state index in [4.69, 9.17) is 0 Å². The average molecular weight is 563 g/mol. The van der Waals surface area contributed by atoms with Crippen LogP contribution in [0.15, 0.2) is 72.8 Å². The lowest BCUT2D eigenvalue weighted by atomic mass is 9.70. The molecule has 3 aromatic carbocycles. The van der Waals surface area contributed by atoms with Crippen molar-refractivity contribution in [2.45, 2.75) is 58.3 Å². The van der Waals surface area contributed by atoms with Crippen molar-refractivity contribution >= 4 is 29.3 Å². The number of carbonyl (C=O) groups is 4. The van der Waals surface area contributed by atoms with Crippen molar-refractivity contribution < 1.29 is 19.2 Å². The van der Waals surface area contributed by atoms with Crippen LogP contribution in [0, 0.1) is 30.6 Å². The second-order valence-corrected chi connectivity index (χ2v) is 13.4. The van der Waals surface area contributed by atoms with Gasteiger partial charge in [0.15, 0.2) is 0 Å². The molecule has 3 aliphatic rings. The Morgan fingerprint density at radius 3 is 1.21 bits per heavy atom. The van der Waals surface area contributed by atoms with E-state index in [0.717, 1.165) is 10.5 Å². The van der Waals surface area contributed by atoms with E-state index in [0.29, 0.717) is 5.69 Å². The molecule has 0 bridgehead atoms. The molecule has 216 valence electrons. The Labute approximate surface area is 247 Å². The van der Waals surface area contributed by atoms with Crippen LogP contribution in [-0.2, 0) is 30.0 Å². The summed E-state index contributed by atoms with van der Waals surface area (Å²) >= 11 is 0. The molecule has 3 fully saturated rings. The summed E-state index contributed by atoms with van der Waals surface area (Å²) in [6.45, 7) is 10.9. The summed E-state index contributed by atoms with van der Waals surface area (Å²) in [7, 11) is 1.48. The number of hydrogen-bond acceptors (Lipinski definition) is 4. The van der Waals surface area contributed by atoms with Crippen LogP contribution in [0.25, 0.3) is 0 Å². The number of imide groups is 2. The lowest BCUT2D eigenvalue weighted by molar-refractivity contribution is -0.138. The molecule has 6 rings (SSSR count). The number of hydrogen-bond donors (Lipinski definition) is 0. The first-order valence-electron chi connectivity index (χ1n) is 14.8. The van der Waals surface area contributed by atoms with E-state index < -0.39 is 23.7 Å². The number of aryl methyl sites for hydroxylation is 1. The molecule has 2 heterocycles. The summed E-state index contributed by atoms with van der Waals surface area (Å²) in [5.41, 5.74) is 6.11. The maximum atomic E-state index is 13.4. The standard InChI is InChI=1S/C36H38N2O4/c1-21-7-9-22(10-8-21)35(2,3)23-11-13-24(14-12-23)36(4,5)25-15-17-26(18-16-25)38-33(41)29-19-27-28(20-30(29)34(38)42)32(40)37(6)31(27)39/h7-18,27-30H,19-20H2,1-6H3. The molecule has 6 nitrogen and oxygen atoms in total. The van der Waals surface area contributed by atoms with Crippen LogP contribution in [0.3, 0.4) is 0 Å². The summed E-state index contributed by atoms with van der Waals surface area (Å²) in [5.74, 6) is -3.12. The van der Waals surface area contributed by atoms with Gasteiger partial charge in [-0.2, -0.15) is 0 Å². The van der Waals surface area contributed by atoms with E-state index >= 15 is 0 Å². The number of benzene rings is 3. The van der Waals surface area contributed by atoms with Gasteiger partial charge in [-0.1, -0.05) is 93.9 Å². The lowest BCUT2D eigenvalue weighted by Gasteiger charge is -2.30. The van der Waals surface area contributed by atoms with E-state index in [9.17, 15) is 19.2 Å². The number of fused-ring (bicyclic) bond motifs is 2. The Morgan fingerprint density at radius 1 is 0.524 bits per heavy atom. The Kier molecular flexibility index (Phi) is 6.52. The first-order chi connectivity index (χ1) is 19.8. The highest BCUT2D eigenvalue weighted by Crippen LogP contribution is 2.48. The number of amides is 4. The minimum atomic E-state index is -0.555. The first kappa shape index (κ1) is 28.1. The summed E-state index contributed by atoms with van der Waals surface area (Å²) in [5, 5.41) is 0. The molecule has 4 amide bonds. The van der Waals surface area contributed by atoms with Crippen LogP contribution < -0.4 is 4.90 Å². The van der Waals surface area contributed by atoms with Crippen LogP contribution in [-0.4, -0.2) is 35.6 Å². The van der Waals surface area contributed by atoms with Gasteiger partial charge in [-0.25, -0.2) is 0 Å². The van der Waals surface area contributed by atoms with E-state index in [1.807, 2.05) is 24.3 Å². The highest BCUT2D eigenvalue weighted by Gasteiger charge is 2.59. The molecular weight excluding hydrogens is 524 g/mol. The van der Waals surface area contributed by atoms with E-state index in [1.54, 1.807) is 0 Å². The van der Waals surface area contributed by atoms with Gasteiger partial charge < -0.3 is 0 Å². The maximum absolute atomic E-state index is 13.4. The molecule has 0 spiro atoms. The normalized spacial score (nSPS) is 24.3. The number of likely N-dealkylation sites (tertiary alicyclic amines) is 1. The quantitative estimate of drug-likeness (QED) is 0.370. The predicted octanol–water partition coefficient (Wildman–Crippen LogP) is 5.78. The van der Waals surface area contributed by atoms with Gasteiger partial charge in [-0.05, 0) is 54.2 Å². The third-order valence-corrected chi connectivity index (χ3v) is 10.3. The van der Waals surface area contributed by atoms with Crippen molar-refractivity contribution in [2.75, 3.05) is 11.9 Å². The third kappa shape index (κ3) is 4.22. The van der Waals surface area contributed by atoms with Crippen molar-refractivity contribution in [3.05, 3.63) is 101 Å². The van der Waals surface area contributed by atoms with Crippen LogP contribution in [0.4, 0.5) is 5.69 Å². The smallest absolute Gasteiger partial charge is 0.237 e. The topological polar surface area (TPSA) is 74.8 Å². The zero-order valence-electron chi connectivity index (χ0n) is 25.2. The largest absolute Gasteiger partial charge is 0.285 e. The van der Waals surface area contributed by atoms with Crippen LogP contribution in [0.1, 0.15) is 68.4 Å². The Balaban J connectivity index is 1.21. The fraction of sp³-hybridized carbons (Fsp3) is 0.389. The SMILES string of the molecule is Cc1ccc(C(C)(C)c2ccc(C(C)(C)c3ccc(N4C(=O)C5CC6C(=O)N(C)C(=O)C6CC5C4=O)cc3)cc2)cc1. The van der Waals surface area contributed by atoms with Gasteiger partial charge in [0.25, 0.3) is 0 Å². The Morgan fingerprint density at radius 2 is 0.833 bits per heavy atom. The van der Waals surface area contributed by atoms with Gasteiger partial charge in [0.1, 0.15) is 0 Å². The summed E-state index contributed by atoms with van der Waals surface area (Å²) in [4.78, 5) is 54.4. The molecule has 1 saturated carbocycles. The maximum Gasteiger partial charge on any atom is 0.237 e. The van der Waals surface area contributed by atoms with Crippen molar-refractivity contribution in [2.24, 2.45) is 23.7 Å². The number of rotatable bonds is 5. The molecule has 1 aliphatic carbocycles. The van der Waals surface area contributed by atoms with Gasteiger partial charge in [0.2, 0.25) is 23.6 Å². The first-order valence-corrected chi connectivity index (χ1v) is 14.8. The van der Waals surface area contributed by atoms with Gasteiger partial charge in [-0.15, -0.1) is 0 Å². The second kappa shape index (κ2) is 9.75. The summed E-state index contributed by atoms with van der Waals surface area (Å²) in [6.07, 6.45) is 0.514. The van der Waals surface area contributed by atoms with Gasteiger partial charge in [0, 0.05) is 17.9 Å². The molecule has 6 heteroatoms. The van der Waals surface area contributed by atoms with Crippen molar-refractivity contribution in [1.29, 1.82) is 0 Å². The molecule has 4 unspecified atom stereocenters. The number of carbonyl (C=O) groups excluding carboxylic acids is 4. The number of anilines is 1. The highest BCUT2D eigenvalue weighted by molar-refractivity contribution is 6.22. The highest BCUT2D eigenvalue weighted by atomic mass is 16.2. The second-order valence-electron chi connectivity index (χ2n) is 13.4. The van der Waals surface area contributed by atoms with Crippen LogP contribution in [0.2, 0.25) is 0 Å². The Hall–Kier alpha value is -4.06. The molecule has 4 atom stereocenters. The van der Waals surface area contributed by atoms with Gasteiger partial charge in [-0.3, -0.25) is 29.0 Å². The molecule has 3 aromatic rings.